The van der Waals surface area contributed by atoms with Crippen LogP contribution in [0.25, 0.3) is 0 Å². The van der Waals surface area contributed by atoms with Crippen LogP contribution in [-0.4, -0.2) is 5.11 Å². The van der Waals surface area contributed by atoms with Gasteiger partial charge in [-0.25, -0.2) is 0 Å². The van der Waals surface area contributed by atoms with Gasteiger partial charge in [0, 0.05) is 5.56 Å². The van der Waals surface area contributed by atoms with Gasteiger partial charge in [-0.3, -0.25) is 4.79 Å². The molecule has 0 spiro atoms. The minimum Gasteiger partial charge on any atom is -0.504 e. The maximum Gasteiger partial charge on any atom is 0.227 e. The predicted octanol–water partition coefficient (Wildman–Crippen LogP) is 0.190. The molecule has 2 nitrogen and oxygen atoms in total. The molecule has 0 atom stereocenters. The van der Waals surface area contributed by atoms with E-state index in [9.17, 15) is 4.79 Å². The van der Waals surface area contributed by atoms with Crippen molar-refractivity contribution in [2.24, 2.45) is 0 Å². The van der Waals surface area contributed by atoms with E-state index in [1.807, 2.05) is 6.92 Å². The zero-order valence-corrected chi connectivity index (χ0v) is 4.06. The third-order valence-electron chi connectivity index (χ3n) is 1.07. The molecule has 0 bridgehead atoms. The first-order chi connectivity index (χ1) is 3.27. The number of hydrogen-bond donors (Lipinski definition) is 1. The van der Waals surface area contributed by atoms with Crippen molar-refractivity contribution in [1.82, 2.24) is 0 Å². The molecule has 0 aliphatic rings. The molecule has 1 rings (SSSR count). The fourth-order valence-corrected chi connectivity index (χ4v) is 0.524. The Morgan fingerprint density at radius 3 is 2.14 bits per heavy atom. The highest BCUT2D eigenvalue weighted by molar-refractivity contribution is 5.44. The SMILES string of the molecule is CCc1c(O)c1=O. The third kappa shape index (κ3) is 0.427. The van der Waals surface area contributed by atoms with Crippen molar-refractivity contribution in [1.29, 1.82) is 0 Å². The lowest BCUT2D eigenvalue weighted by atomic mass is 10.4. The van der Waals surface area contributed by atoms with E-state index in [4.69, 9.17) is 5.11 Å². The van der Waals surface area contributed by atoms with Crippen LogP contribution >= 0.6 is 0 Å². The lowest BCUT2D eigenvalue weighted by molar-refractivity contribution is 0.486. The zero-order valence-electron chi connectivity index (χ0n) is 4.06. The zero-order chi connectivity index (χ0) is 5.44. The fourth-order valence-electron chi connectivity index (χ4n) is 0.524. The molecule has 38 valence electrons. The molecule has 1 aromatic rings. The fraction of sp³-hybridized carbons (Fsp3) is 0.400. The summed E-state index contributed by atoms with van der Waals surface area (Å²) in [6, 6.07) is 0. The molecule has 2 heteroatoms. The number of hydrogen-bond acceptors (Lipinski definition) is 2. The van der Waals surface area contributed by atoms with Crippen molar-refractivity contribution in [3.63, 3.8) is 0 Å². The number of aromatic hydroxyl groups is 1. The van der Waals surface area contributed by atoms with Crippen LogP contribution in [0.1, 0.15) is 12.5 Å². The van der Waals surface area contributed by atoms with E-state index >= 15 is 0 Å². The van der Waals surface area contributed by atoms with Gasteiger partial charge >= 0.3 is 0 Å². The molecular weight excluding hydrogens is 92.1 g/mol. The quantitative estimate of drug-likeness (QED) is 0.544. The van der Waals surface area contributed by atoms with Gasteiger partial charge in [0.2, 0.25) is 5.43 Å². The van der Waals surface area contributed by atoms with Crippen LogP contribution in [0.15, 0.2) is 4.79 Å². The monoisotopic (exact) mass is 98.0 g/mol. The van der Waals surface area contributed by atoms with Crippen molar-refractivity contribution >= 4 is 0 Å². The molecule has 0 fully saturated rings. The molecule has 0 aromatic heterocycles. The highest BCUT2D eigenvalue weighted by Gasteiger charge is 2.17. The molecule has 0 aliphatic heterocycles. The maximum atomic E-state index is 10.1. The van der Waals surface area contributed by atoms with Gasteiger partial charge in [0.05, 0.1) is 0 Å². The van der Waals surface area contributed by atoms with Gasteiger partial charge in [0.1, 0.15) is 0 Å². The molecule has 7 heavy (non-hydrogen) atoms. The Labute approximate surface area is 41.1 Å². The van der Waals surface area contributed by atoms with Crippen molar-refractivity contribution in [3.05, 3.63) is 15.8 Å². The first-order valence-electron chi connectivity index (χ1n) is 2.24. The van der Waals surface area contributed by atoms with Crippen LogP contribution in [0.3, 0.4) is 0 Å². The van der Waals surface area contributed by atoms with Crippen molar-refractivity contribution < 1.29 is 5.11 Å². The van der Waals surface area contributed by atoms with Gasteiger partial charge in [-0.1, -0.05) is 6.92 Å². The van der Waals surface area contributed by atoms with Crippen molar-refractivity contribution in [2.45, 2.75) is 13.3 Å². The summed E-state index contributed by atoms with van der Waals surface area (Å²) in [6.45, 7) is 1.84. The summed E-state index contributed by atoms with van der Waals surface area (Å²) in [4.78, 5) is 10.1. The minimum atomic E-state index is -0.150. The Balaban J connectivity index is 2.81. The summed E-state index contributed by atoms with van der Waals surface area (Å²) in [5, 5.41) is 8.43. The summed E-state index contributed by atoms with van der Waals surface area (Å²) in [5.74, 6) is -0.0116. The summed E-state index contributed by atoms with van der Waals surface area (Å²) in [7, 11) is 0. The van der Waals surface area contributed by atoms with E-state index in [-0.39, 0.29) is 11.2 Å². The molecule has 1 N–H and O–H groups in total. The Bertz CT molecular complexity index is 181. The first kappa shape index (κ1) is 4.37. The van der Waals surface area contributed by atoms with Gasteiger partial charge < -0.3 is 5.11 Å². The summed E-state index contributed by atoms with van der Waals surface area (Å²) in [5.41, 5.74) is 0.447. The molecule has 0 unspecified atom stereocenters. The molecule has 1 aromatic carbocycles. The van der Waals surface area contributed by atoms with Gasteiger partial charge in [0.25, 0.3) is 0 Å². The van der Waals surface area contributed by atoms with Gasteiger partial charge in [-0.05, 0) is 6.42 Å². The molecule has 0 aliphatic carbocycles. The van der Waals surface area contributed by atoms with Crippen LogP contribution in [0.2, 0.25) is 0 Å². The van der Waals surface area contributed by atoms with E-state index in [1.54, 1.807) is 0 Å². The van der Waals surface area contributed by atoms with E-state index in [1.165, 1.54) is 0 Å². The van der Waals surface area contributed by atoms with Crippen LogP contribution in [-0.2, 0) is 6.42 Å². The normalized spacial score (nSPS) is 10.4. The predicted molar refractivity (Wildman–Crippen MR) is 26.1 cm³/mol. The second kappa shape index (κ2) is 1.09. The topological polar surface area (TPSA) is 37.3 Å². The van der Waals surface area contributed by atoms with Gasteiger partial charge in [-0.15, -0.1) is 0 Å². The standard InChI is InChI=1S/C5H6O2/c1-2-3-4(6)5(3)7/h6H,2H2,1H3. The summed E-state index contributed by atoms with van der Waals surface area (Å²) >= 11 is 0. The van der Waals surface area contributed by atoms with E-state index < -0.39 is 0 Å². The average Bonchev–Trinajstić information content (AvgIpc) is 2.17. The Hall–Kier alpha value is -0.790. The number of rotatable bonds is 1. The summed E-state index contributed by atoms with van der Waals surface area (Å²) in [6.07, 6.45) is 0.671. The second-order valence-electron chi connectivity index (χ2n) is 1.51. The van der Waals surface area contributed by atoms with Crippen LogP contribution in [0.4, 0.5) is 0 Å². The molecule has 0 amide bonds. The van der Waals surface area contributed by atoms with Crippen molar-refractivity contribution in [3.8, 4) is 5.75 Å². The largest absolute Gasteiger partial charge is 0.504 e. The molecule has 0 heterocycles. The highest BCUT2D eigenvalue weighted by Crippen LogP contribution is 2.15. The van der Waals surface area contributed by atoms with Crippen LogP contribution < -0.4 is 5.43 Å². The van der Waals surface area contributed by atoms with Crippen molar-refractivity contribution in [2.75, 3.05) is 0 Å². The van der Waals surface area contributed by atoms with Crippen LogP contribution in [0.5, 0.6) is 5.75 Å². The highest BCUT2D eigenvalue weighted by atomic mass is 16.3. The average molecular weight is 98.1 g/mol. The van der Waals surface area contributed by atoms with Gasteiger partial charge in [-0.2, -0.15) is 0 Å². The molecule has 0 saturated heterocycles. The lowest BCUT2D eigenvalue weighted by Crippen LogP contribution is -1.75. The summed E-state index contributed by atoms with van der Waals surface area (Å²) < 4.78 is 0. The van der Waals surface area contributed by atoms with Gasteiger partial charge in [0.15, 0.2) is 5.75 Å². The molecular formula is C5H6O2. The third-order valence-corrected chi connectivity index (χ3v) is 1.07. The van der Waals surface area contributed by atoms with E-state index in [0.29, 0.717) is 12.0 Å². The molecule has 0 saturated carbocycles. The van der Waals surface area contributed by atoms with E-state index in [0.717, 1.165) is 0 Å². The maximum absolute atomic E-state index is 10.1. The molecule has 0 radical (unpaired) electrons. The Morgan fingerprint density at radius 2 is 2.14 bits per heavy atom. The minimum absolute atomic E-state index is 0.0116. The Kier molecular flexibility index (Phi) is 0.680. The first-order valence-corrected chi connectivity index (χ1v) is 2.24. The smallest absolute Gasteiger partial charge is 0.227 e. The van der Waals surface area contributed by atoms with Crippen LogP contribution in [0, 0.1) is 0 Å². The second-order valence-corrected chi connectivity index (χ2v) is 1.51. The van der Waals surface area contributed by atoms with E-state index in [2.05, 4.69) is 0 Å². The lowest BCUT2D eigenvalue weighted by Gasteiger charge is -1.66. The Morgan fingerprint density at radius 1 is 1.71 bits per heavy atom.